The van der Waals surface area contributed by atoms with E-state index in [4.69, 9.17) is 9.15 Å². The summed E-state index contributed by atoms with van der Waals surface area (Å²) in [5.41, 5.74) is 1.60. The molecule has 0 spiro atoms. The van der Waals surface area contributed by atoms with E-state index in [0.29, 0.717) is 44.2 Å². The van der Waals surface area contributed by atoms with E-state index in [1.54, 1.807) is 28.0 Å². The predicted molar refractivity (Wildman–Crippen MR) is 150 cm³/mol. The minimum atomic E-state index is -0.469. The molecule has 1 aliphatic rings. The van der Waals surface area contributed by atoms with E-state index < -0.39 is 4.92 Å². The fourth-order valence-electron chi connectivity index (χ4n) is 4.39. The van der Waals surface area contributed by atoms with Crippen LogP contribution in [0.15, 0.2) is 77.2 Å². The zero-order chi connectivity index (χ0) is 28.3. The van der Waals surface area contributed by atoms with Gasteiger partial charge in [-0.15, -0.1) is 0 Å². The van der Waals surface area contributed by atoms with Crippen LogP contribution in [0.5, 0.6) is 0 Å². The van der Waals surface area contributed by atoms with Gasteiger partial charge in [0, 0.05) is 50.9 Å². The van der Waals surface area contributed by atoms with E-state index in [1.807, 2.05) is 49.4 Å². The summed E-state index contributed by atoms with van der Waals surface area (Å²) in [6.45, 7) is 6.23. The number of carbonyl (C=O) groups excluding carboxylic acids is 2. The number of rotatable bonds is 12. The highest BCUT2D eigenvalue weighted by molar-refractivity contribution is 5.94. The summed E-state index contributed by atoms with van der Waals surface area (Å²) in [5.74, 6) is 0.928. The SMILES string of the molecule is Cc1ccc(CN(Cc2ccccc2)C(=O)CN(CCN2CCOCC2)C(=O)/C=C/c2ccc([N+](=O)[O-])cc2)o1. The van der Waals surface area contributed by atoms with Crippen LogP contribution in [0.4, 0.5) is 5.69 Å². The van der Waals surface area contributed by atoms with Gasteiger partial charge in [0.25, 0.3) is 5.69 Å². The zero-order valence-electron chi connectivity index (χ0n) is 22.6. The molecule has 0 bridgehead atoms. The van der Waals surface area contributed by atoms with Crippen LogP contribution < -0.4 is 0 Å². The summed E-state index contributed by atoms with van der Waals surface area (Å²) < 4.78 is 11.2. The Labute approximate surface area is 233 Å². The second-order valence-electron chi connectivity index (χ2n) is 9.64. The molecule has 0 aliphatic carbocycles. The molecule has 2 amide bonds. The zero-order valence-corrected chi connectivity index (χ0v) is 22.6. The van der Waals surface area contributed by atoms with Crippen molar-refractivity contribution >= 4 is 23.6 Å². The largest absolute Gasteiger partial charge is 0.464 e. The van der Waals surface area contributed by atoms with Crippen LogP contribution in [0.3, 0.4) is 0 Å². The van der Waals surface area contributed by atoms with Crippen LogP contribution in [-0.2, 0) is 27.4 Å². The molecular weight excluding hydrogens is 512 g/mol. The van der Waals surface area contributed by atoms with Gasteiger partial charge < -0.3 is 19.0 Å². The van der Waals surface area contributed by atoms with Crippen molar-refractivity contribution in [3.05, 3.63) is 106 Å². The second-order valence-corrected chi connectivity index (χ2v) is 9.64. The minimum Gasteiger partial charge on any atom is -0.464 e. The summed E-state index contributed by atoms with van der Waals surface area (Å²) in [6.07, 6.45) is 3.01. The van der Waals surface area contributed by atoms with Crippen LogP contribution in [0, 0.1) is 17.0 Å². The van der Waals surface area contributed by atoms with Crippen LogP contribution in [0.25, 0.3) is 6.08 Å². The fourth-order valence-corrected chi connectivity index (χ4v) is 4.39. The first-order valence-corrected chi connectivity index (χ1v) is 13.3. The van der Waals surface area contributed by atoms with E-state index in [1.165, 1.54) is 18.2 Å². The Kier molecular flexibility index (Phi) is 10.2. The number of amides is 2. The Morgan fingerprint density at radius 1 is 0.975 bits per heavy atom. The van der Waals surface area contributed by atoms with Gasteiger partial charge in [-0.1, -0.05) is 30.3 Å². The Morgan fingerprint density at radius 3 is 2.35 bits per heavy atom. The lowest BCUT2D eigenvalue weighted by molar-refractivity contribution is -0.384. The topological polar surface area (TPSA) is 109 Å². The first kappa shape index (κ1) is 28.7. The number of morpholine rings is 1. The second kappa shape index (κ2) is 14.2. The molecule has 0 N–H and O–H groups in total. The van der Waals surface area contributed by atoms with Crippen molar-refractivity contribution in [3.8, 4) is 0 Å². The molecule has 210 valence electrons. The summed E-state index contributed by atoms with van der Waals surface area (Å²) >= 11 is 0. The number of nitro benzene ring substituents is 1. The lowest BCUT2D eigenvalue weighted by Crippen LogP contribution is -2.46. The fraction of sp³-hybridized carbons (Fsp3) is 0.333. The first-order chi connectivity index (χ1) is 19.4. The van der Waals surface area contributed by atoms with Crippen molar-refractivity contribution < 1.29 is 23.7 Å². The maximum Gasteiger partial charge on any atom is 0.269 e. The molecule has 4 rings (SSSR count). The third-order valence-electron chi connectivity index (χ3n) is 6.66. The predicted octanol–water partition coefficient (Wildman–Crippen LogP) is 3.90. The molecule has 0 saturated carbocycles. The number of carbonyl (C=O) groups is 2. The van der Waals surface area contributed by atoms with Crippen molar-refractivity contribution in [2.75, 3.05) is 45.9 Å². The molecule has 0 atom stereocenters. The van der Waals surface area contributed by atoms with Gasteiger partial charge in [0.1, 0.15) is 18.1 Å². The summed E-state index contributed by atoms with van der Waals surface area (Å²) in [6, 6.07) is 19.4. The quantitative estimate of drug-likeness (QED) is 0.193. The van der Waals surface area contributed by atoms with Crippen LogP contribution in [0.2, 0.25) is 0 Å². The summed E-state index contributed by atoms with van der Waals surface area (Å²) in [5, 5.41) is 10.9. The molecule has 0 radical (unpaired) electrons. The van der Waals surface area contributed by atoms with Crippen molar-refractivity contribution in [1.82, 2.24) is 14.7 Å². The van der Waals surface area contributed by atoms with E-state index in [0.717, 1.165) is 24.4 Å². The molecule has 0 unspecified atom stereocenters. The Bertz CT molecular complexity index is 1300. The average molecular weight is 547 g/mol. The highest BCUT2D eigenvalue weighted by atomic mass is 16.6. The lowest BCUT2D eigenvalue weighted by Gasteiger charge is -2.31. The maximum absolute atomic E-state index is 13.7. The van der Waals surface area contributed by atoms with E-state index in [9.17, 15) is 19.7 Å². The van der Waals surface area contributed by atoms with Gasteiger partial charge in [0.05, 0.1) is 24.7 Å². The molecule has 3 aromatic rings. The third kappa shape index (κ3) is 8.62. The van der Waals surface area contributed by atoms with E-state index in [2.05, 4.69) is 4.90 Å². The average Bonchev–Trinajstić information content (AvgIpc) is 3.39. The van der Waals surface area contributed by atoms with Gasteiger partial charge in [0.15, 0.2) is 0 Å². The normalized spacial score (nSPS) is 13.8. The monoisotopic (exact) mass is 546 g/mol. The van der Waals surface area contributed by atoms with Crippen molar-refractivity contribution in [1.29, 1.82) is 0 Å². The number of furan rings is 1. The lowest BCUT2D eigenvalue weighted by atomic mass is 10.2. The first-order valence-electron chi connectivity index (χ1n) is 13.3. The smallest absolute Gasteiger partial charge is 0.269 e. The maximum atomic E-state index is 13.7. The van der Waals surface area contributed by atoms with Crippen LogP contribution in [-0.4, -0.2) is 77.4 Å². The molecule has 1 aliphatic heterocycles. The molecule has 1 saturated heterocycles. The minimum absolute atomic E-state index is 0.0218. The van der Waals surface area contributed by atoms with E-state index in [-0.39, 0.29) is 30.6 Å². The van der Waals surface area contributed by atoms with Crippen molar-refractivity contribution in [2.24, 2.45) is 0 Å². The molecule has 2 heterocycles. The number of nitrogens with zero attached hydrogens (tertiary/aromatic N) is 4. The number of nitro groups is 1. The Morgan fingerprint density at radius 2 is 1.70 bits per heavy atom. The van der Waals surface area contributed by atoms with Gasteiger partial charge in [-0.05, 0) is 48.4 Å². The molecule has 1 aromatic heterocycles. The molecule has 40 heavy (non-hydrogen) atoms. The highest BCUT2D eigenvalue weighted by Crippen LogP contribution is 2.15. The molecule has 10 nitrogen and oxygen atoms in total. The van der Waals surface area contributed by atoms with Crippen molar-refractivity contribution in [3.63, 3.8) is 0 Å². The van der Waals surface area contributed by atoms with Gasteiger partial charge in [-0.25, -0.2) is 0 Å². The summed E-state index contributed by atoms with van der Waals surface area (Å²) in [4.78, 5) is 42.9. The number of hydrogen-bond acceptors (Lipinski definition) is 7. The summed E-state index contributed by atoms with van der Waals surface area (Å²) in [7, 11) is 0. The number of aryl methyl sites for hydroxylation is 1. The number of benzene rings is 2. The van der Waals surface area contributed by atoms with Crippen molar-refractivity contribution in [2.45, 2.75) is 20.0 Å². The number of hydrogen-bond donors (Lipinski definition) is 0. The van der Waals surface area contributed by atoms with Crippen LogP contribution >= 0.6 is 0 Å². The van der Waals surface area contributed by atoms with E-state index >= 15 is 0 Å². The van der Waals surface area contributed by atoms with Gasteiger partial charge in [-0.2, -0.15) is 0 Å². The Balaban J connectivity index is 1.49. The van der Waals surface area contributed by atoms with Gasteiger partial charge >= 0.3 is 0 Å². The molecule has 1 fully saturated rings. The molecule has 2 aromatic carbocycles. The van der Waals surface area contributed by atoms with Gasteiger partial charge in [-0.3, -0.25) is 24.6 Å². The van der Waals surface area contributed by atoms with Crippen LogP contribution in [0.1, 0.15) is 22.6 Å². The number of non-ortho nitro benzene ring substituents is 1. The standard InChI is InChI=1S/C30H34N4O6/c1-24-7-13-28(40-24)22-33(21-26-5-3-2-4-6-26)30(36)23-32(16-15-31-17-19-39-20-18-31)29(35)14-10-25-8-11-27(12-9-25)34(37)38/h2-14H,15-23H2,1H3/b14-10+. The third-order valence-corrected chi connectivity index (χ3v) is 6.66. The molecular formula is C30H34N4O6. The Hall–Kier alpha value is -4.28. The van der Waals surface area contributed by atoms with Gasteiger partial charge in [0.2, 0.25) is 11.8 Å². The number of ether oxygens (including phenoxy) is 1. The molecule has 10 heteroatoms. The highest BCUT2D eigenvalue weighted by Gasteiger charge is 2.23.